The highest BCUT2D eigenvalue weighted by Crippen LogP contribution is 2.31. The number of ether oxygens (including phenoxy) is 1. The molecule has 9 heteroatoms. The molecule has 1 fully saturated rings. The summed E-state index contributed by atoms with van der Waals surface area (Å²) in [7, 11) is 1.81. The van der Waals surface area contributed by atoms with E-state index in [1.165, 1.54) is 0 Å². The average molecular weight is 503 g/mol. The monoisotopic (exact) mass is 502 g/mol. The summed E-state index contributed by atoms with van der Waals surface area (Å²) in [5.74, 6) is -0.881. The highest BCUT2D eigenvalue weighted by atomic mass is 16.5. The van der Waals surface area contributed by atoms with E-state index in [1.807, 2.05) is 46.0 Å². The molecule has 0 bridgehead atoms. The van der Waals surface area contributed by atoms with Crippen LogP contribution in [0, 0.1) is 11.8 Å². The molecule has 1 aliphatic rings. The van der Waals surface area contributed by atoms with Crippen molar-refractivity contribution in [1.29, 1.82) is 0 Å². The van der Waals surface area contributed by atoms with Crippen molar-refractivity contribution in [3.05, 3.63) is 29.3 Å². The number of carbonyl (C=O) groups excluding carboxylic acids is 4. The summed E-state index contributed by atoms with van der Waals surface area (Å²) in [4.78, 5) is 51.5. The lowest BCUT2D eigenvalue weighted by atomic mass is 10.0. The maximum atomic E-state index is 12.7. The van der Waals surface area contributed by atoms with Gasteiger partial charge in [0.05, 0.1) is 13.2 Å². The SMILES string of the molecule is CCCOCCC(=O)NC(C(=O)NCC(=O)Nc1ccc(CC)c(CN(C)C(=O)C2CC2)c1)C(C)C. The Hall–Kier alpha value is -2.94. The summed E-state index contributed by atoms with van der Waals surface area (Å²) < 4.78 is 5.33. The maximum absolute atomic E-state index is 12.7. The van der Waals surface area contributed by atoms with Crippen molar-refractivity contribution in [3.8, 4) is 0 Å². The van der Waals surface area contributed by atoms with E-state index in [2.05, 4.69) is 22.9 Å². The normalized spacial score (nSPS) is 13.7. The average Bonchev–Trinajstić information content (AvgIpc) is 3.69. The second-order valence-corrected chi connectivity index (χ2v) is 9.72. The van der Waals surface area contributed by atoms with Crippen LogP contribution in [0.3, 0.4) is 0 Å². The third-order valence-corrected chi connectivity index (χ3v) is 6.09. The number of hydrogen-bond donors (Lipinski definition) is 3. The van der Waals surface area contributed by atoms with Crippen molar-refractivity contribution >= 4 is 29.3 Å². The van der Waals surface area contributed by atoms with Gasteiger partial charge in [-0.3, -0.25) is 19.2 Å². The van der Waals surface area contributed by atoms with Gasteiger partial charge < -0.3 is 25.6 Å². The molecule has 1 unspecified atom stereocenters. The Balaban J connectivity index is 1.89. The van der Waals surface area contributed by atoms with Gasteiger partial charge >= 0.3 is 0 Å². The van der Waals surface area contributed by atoms with E-state index >= 15 is 0 Å². The predicted molar refractivity (Wildman–Crippen MR) is 139 cm³/mol. The molecule has 1 aliphatic carbocycles. The number of carbonyl (C=O) groups is 4. The van der Waals surface area contributed by atoms with Crippen LogP contribution in [0.15, 0.2) is 18.2 Å². The van der Waals surface area contributed by atoms with Gasteiger partial charge in [0.1, 0.15) is 6.04 Å². The van der Waals surface area contributed by atoms with Crippen molar-refractivity contribution in [2.24, 2.45) is 11.8 Å². The van der Waals surface area contributed by atoms with Gasteiger partial charge in [-0.25, -0.2) is 0 Å². The first-order chi connectivity index (χ1) is 17.2. The number of amides is 4. The Labute approximate surface area is 214 Å². The fourth-order valence-corrected chi connectivity index (χ4v) is 3.85. The molecule has 3 N–H and O–H groups in total. The van der Waals surface area contributed by atoms with Gasteiger partial charge in [-0.1, -0.05) is 33.8 Å². The molecule has 4 amide bonds. The Bertz CT molecular complexity index is 913. The van der Waals surface area contributed by atoms with Crippen LogP contribution in [-0.4, -0.2) is 61.4 Å². The first-order valence-corrected chi connectivity index (χ1v) is 13.0. The lowest BCUT2D eigenvalue weighted by Gasteiger charge is -2.22. The van der Waals surface area contributed by atoms with Crippen molar-refractivity contribution in [3.63, 3.8) is 0 Å². The van der Waals surface area contributed by atoms with Gasteiger partial charge in [-0.05, 0) is 54.9 Å². The highest BCUT2D eigenvalue weighted by molar-refractivity contribution is 5.96. The van der Waals surface area contributed by atoms with Gasteiger partial charge in [-0.15, -0.1) is 0 Å². The molecule has 2 rings (SSSR count). The van der Waals surface area contributed by atoms with Crippen LogP contribution in [-0.2, 0) is 36.9 Å². The Morgan fingerprint density at radius 1 is 1.06 bits per heavy atom. The predicted octanol–water partition coefficient (Wildman–Crippen LogP) is 2.63. The van der Waals surface area contributed by atoms with Crippen LogP contribution in [0.4, 0.5) is 5.69 Å². The van der Waals surface area contributed by atoms with Crippen LogP contribution >= 0.6 is 0 Å². The standard InChI is InChI=1S/C27H42N4O5/c1-6-13-36-14-12-23(32)30-25(18(3)4)26(34)28-16-24(33)29-22-11-10-19(7-2)21(15-22)17-31(5)27(35)20-8-9-20/h10-11,15,18,20,25H,6-9,12-14,16-17H2,1-5H3,(H,28,34)(H,29,33)(H,30,32). The van der Waals surface area contributed by atoms with Crippen LogP contribution in [0.2, 0.25) is 0 Å². The summed E-state index contributed by atoms with van der Waals surface area (Å²) in [5, 5.41) is 8.17. The summed E-state index contributed by atoms with van der Waals surface area (Å²) in [6.07, 6.45) is 3.79. The van der Waals surface area contributed by atoms with Crippen molar-refractivity contribution in [2.45, 2.75) is 72.4 Å². The van der Waals surface area contributed by atoms with Crippen LogP contribution in [0.5, 0.6) is 0 Å². The molecule has 1 aromatic rings. The third-order valence-electron chi connectivity index (χ3n) is 6.09. The highest BCUT2D eigenvalue weighted by Gasteiger charge is 2.32. The Morgan fingerprint density at radius 3 is 2.39 bits per heavy atom. The van der Waals surface area contributed by atoms with E-state index in [0.29, 0.717) is 25.4 Å². The van der Waals surface area contributed by atoms with Crippen LogP contribution in [0.25, 0.3) is 0 Å². The van der Waals surface area contributed by atoms with Gasteiger partial charge in [0.25, 0.3) is 0 Å². The zero-order valence-corrected chi connectivity index (χ0v) is 22.3. The maximum Gasteiger partial charge on any atom is 0.243 e. The van der Waals surface area contributed by atoms with Gasteiger partial charge in [0, 0.05) is 38.2 Å². The summed E-state index contributed by atoms with van der Waals surface area (Å²) >= 11 is 0. The second-order valence-electron chi connectivity index (χ2n) is 9.72. The molecule has 1 aromatic carbocycles. The second kappa shape index (κ2) is 14.6. The minimum absolute atomic E-state index is 0.145. The van der Waals surface area contributed by atoms with Gasteiger partial charge in [0.2, 0.25) is 23.6 Å². The molecule has 0 spiro atoms. The van der Waals surface area contributed by atoms with E-state index in [-0.39, 0.29) is 42.5 Å². The molecule has 9 nitrogen and oxygen atoms in total. The smallest absolute Gasteiger partial charge is 0.243 e. The molecular formula is C27H42N4O5. The molecule has 0 heterocycles. The summed E-state index contributed by atoms with van der Waals surface area (Å²) in [5.41, 5.74) is 2.71. The first-order valence-electron chi connectivity index (χ1n) is 13.0. The van der Waals surface area contributed by atoms with Crippen molar-refractivity contribution in [2.75, 3.05) is 32.1 Å². The number of nitrogens with one attached hydrogen (secondary N) is 3. The lowest BCUT2D eigenvalue weighted by Crippen LogP contribution is -2.51. The van der Waals surface area contributed by atoms with E-state index < -0.39 is 11.9 Å². The third kappa shape index (κ3) is 9.60. The van der Waals surface area contributed by atoms with Crippen LogP contribution < -0.4 is 16.0 Å². The van der Waals surface area contributed by atoms with Crippen molar-refractivity contribution in [1.82, 2.24) is 15.5 Å². The summed E-state index contributed by atoms with van der Waals surface area (Å²) in [6, 6.07) is 4.91. The zero-order chi connectivity index (χ0) is 26.7. The molecule has 1 saturated carbocycles. The number of aryl methyl sites for hydroxylation is 1. The lowest BCUT2D eigenvalue weighted by molar-refractivity contribution is -0.131. The number of benzene rings is 1. The van der Waals surface area contributed by atoms with E-state index in [1.54, 1.807) is 4.90 Å². The van der Waals surface area contributed by atoms with Crippen molar-refractivity contribution < 1.29 is 23.9 Å². The number of nitrogens with zero attached hydrogens (tertiary/aromatic N) is 1. The minimum atomic E-state index is -0.744. The molecule has 0 saturated heterocycles. The number of rotatable bonds is 15. The Morgan fingerprint density at radius 2 is 1.78 bits per heavy atom. The number of anilines is 1. The first kappa shape index (κ1) is 29.3. The molecule has 1 atom stereocenters. The van der Waals surface area contributed by atoms with Gasteiger partial charge in [0.15, 0.2) is 0 Å². The topological polar surface area (TPSA) is 117 Å². The van der Waals surface area contributed by atoms with Crippen LogP contribution in [0.1, 0.15) is 64.5 Å². The fraction of sp³-hybridized carbons (Fsp3) is 0.630. The molecule has 0 radical (unpaired) electrons. The molecule has 36 heavy (non-hydrogen) atoms. The fourth-order valence-electron chi connectivity index (χ4n) is 3.85. The van der Waals surface area contributed by atoms with E-state index in [0.717, 1.165) is 36.8 Å². The molecular weight excluding hydrogens is 460 g/mol. The number of hydrogen-bond acceptors (Lipinski definition) is 5. The quantitative estimate of drug-likeness (QED) is 0.319. The largest absolute Gasteiger partial charge is 0.381 e. The van der Waals surface area contributed by atoms with E-state index in [4.69, 9.17) is 4.74 Å². The zero-order valence-electron chi connectivity index (χ0n) is 22.3. The van der Waals surface area contributed by atoms with E-state index in [9.17, 15) is 19.2 Å². The molecule has 0 aliphatic heterocycles. The minimum Gasteiger partial charge on any atom is -0.381 e. The Kier molecular flexibility index (Phi) is 11.9. The molecule has 0 aromatic heterocycles. The summed E-state index contributed by atoms with van der Waals surface area (Å²) in [6.45, 7) is 8.87. The van der Waals surface area contributed by atoms with Gasteiger partial charge in [-0.2, -0.15) is 0 Å². The molecule has 200 valence electrons.